The van der Waals surface area contributed by atoms with Crippen LogP contribution in [0.4, 0.5) is 5.95 Å². The maximum Gasteiger partial charge on any atom is 0.332 e. The average molecular weight is 433 g/mol. The topological polar surface area (TPSA) is 103 Å². The number of anilines is 1. The molecule has 0 bridgehead atoms. The minimum absolute atomic E-state index is 0.0986. The number of piperidine rings is 1. The summed E-state index contributed by atoms with van der Waals surface area (Å²) in [5.41, 5.74) is 1.17. The van der Waals surface area contributed by atoms with Gasteiger partial charge in [-0.3, -0.25) is 18.7 Å². The highest BCUT2D eigenvalue weighted by Crippen LogP contribution is 2.23. The molecule has 0 spiro atoms. The number of aryl methyl sites for hydroxylation is 1. The van der Waals surface area contributed by atoms with Gasteiger partial charge in [0.15, 0.2) is 11.2 Å². The summed E-state index contributed by atoms with van der Waals surface area (Å²) in [4.78, 5) is 43.9. The number of allylic oxidation sites excluding steroid dienone is 2. The van der Waals surface area contributed by atoms with E-state index in [0.717, 1.165) is 29.5 Å². The zero-order chi connectivity index (χ0) is 22.7. The molecule has 0 saturated carbocycles. The molecule has 1 aliphatic rings. The Hall–Kier alpha value is -2.88. The van der Waals surface area contributed by atoms with Crippen molar-refractivity contribution in [1.82, 2.24) is 24.0 Å². The number of hydrogen-bond donors (Lipinski definition) is 1. The van der Waals surface area contributed by atoms with Crippen LogP contribution in [0.25, 0.3) is 11.2 Å². The van der Waals surface area contributed by atoms with Crippen LogP contribution in [0.2, 0.25) is 0 Å². The normalized spacial score (nSPS) is 16.5. The van der Waals surface area contributed by atoms with Crippen LogP contribution in [0.5, 0.6) is 0 Å². The predicted molar refractivity (Wildman–Crippen MR) is 120 cm³/mol. The Morgan fingerprint density at radius 1 is 1.26 bits per heavy atom. The molecule has 31 heavy (non-hydrogen) atoms. The first-order chi connectivity index (χ1) is 14.7. The molecule has 3 rings (SSSR count). The fourth-order valence-electron chi connectivity index (χ4n) is 3.89. The molecular formula is C21H32N6O4. The molecule has 2 aromatic heterocycles. The number of carbonyl (C=O) groups is 1. The van der Waals surface area contributed by atoms with E-state index in [-0.39, 0.29) is 24.1 Å². The lowest BCUT2D eigenvalue weighted by atomic mass is 10.1. The van der Waals surface area contributed by atoms with Gasteiger partial charge in [-0.05, 0) is 33.6 Å². The molecular weight excluding hydrogens is 400 g/mol. The molecule has 0 radical (unpaired) electrons. The van der Waals surface area contributed by atoms with E-state index in [0.29, 0.717) is 36.8 Å². The highest BCUT2D eigenvalue weighted by molar-refractivity contribution is 5.75. The van der Waals surface area contributed by atoms with Crippen molar-refractivity contribution in [2.24, 2.45) is 14.1 Å². The number of imidazole rings is 1. The standard InChI is InChI=1S/C21H32N6O4/c1-6-31-16(28)12-22-15-8-7-10-26(13-15)20-23-18-17(27(20)11-9-14(2)3)19(29)25(5)21(30)24(18)4/h9,15,22H,6-8,10-13H2,1-5H3. The molecule has 0 aromatic carbocycles. The van der Waals surface area contributed by atoms with Gasteiger partial charge in [0.2, 0.25) is 5.95 Å². The zero-order valence-electron chi connectivity index (χ0n) is 19.0. The smallest absolute Gasteiger partial charge is 0.332 e. The summed E-state index contributed by atoms with van der Waals surface area (Å²) in [6.07, 6.45) is 3.89. The van der Waals surface area contributed by atoms with Crippen LogP contribution in [0.1, 0.15) is 33.6 Å². The van der Waals surface area contributed by atoms with Crippen molar-refractivity contribution in [1.29, 1.82) is 0 Å². The summed E-state index contributed by atoms with van der Waals surface area (Å²) < 4.78 is 9.42. The molecule has 1 saturated heterocycles. The fourth-order valence-corrected chi connectivity index (χ4v) is 3.89. The molecule has 10 nitrogen and oxygen atoms in total. The van der Waals surface area contributed by atoms with E-state index < -0.39 is 5.69 Å². The van der Waals surface area contributed by atoms with E-state index in [1.54, 1.807) is 14.0 Å². The van der Waals surface area contributed by atoms with E-state index in [2.05, 4.69) is 10.2 Å². The Bertz CT molecular complexity index is 1110. The van der Waals surface area contributed by atoms with Crippen molar-refractivity contribution < 1.29 is 9.53 Å². The number of esters is 1. The van der Waals surface area contributed by atoms with Gasteiger partial charge >= 0.3 is 11.7 Å². The van der Waals surface area contributed by atoms with Gasteiger partial charge < -0.3 is 19.5 Å². The van der Waals surface area contributed by atoms with Crippen molar-refractivity contribution in [2.75, 3.05) is 31.1 Å². The number of carbonyl (C=O) groups excluding carboxylic acids is 1. The third-order valence-corrected chi connectivity index (χ3v) is 5.55. The van der Waals surface area contributed by atoms with Crippen molar-refractivity contribution in [3.8, 4) is 0 Å². The summed E-state index contributed by atoms with van der Waals surface area (Å²) in [6.45, 7) is 8.23. The van der Waals surface area contributed by atoms with Crippen molar-refractivity contribution in [3.05, 3.63) is 32.5 Å². The van der Waals surface area contributed by atoms with E-state index >= 15 is 0 Å². The Morgan fingerprint density at radius 2 is 2.00 bits per heavy atom. The molecule has 1 aliphatic heterocycles. The Balaban J connectivity index is 1.99. The first kappa shape index (κ1) is 22.8. The van der Waals surface area contributed by atoms with E-state index in [1.165, 1.54) is 11.6 Å². The molecule has 1 atom stereocenters. The molecule has 0 aliphatic carbocycles. The predicted octanol–water partition coefficient (Wildman–Crippen LogP) is 0.521. The highest BCUT2D eigenvalue weighted by atomic mass is 16.5. The molecule has 1 unspecified atom stereocenters. The zero-order valence-corrected chi connectivity index (χ0v) is 19.0. The minimum Gasteiger partial charge on any atom is -0.465 e. The molecule has 1 N–H and O–H groups in total. The van der Waals surface area contributed by atoms with Crippen LogP contribution in [0.3, 0.4) is 0 Å². The van der Waals surface area contributed by atoms with Crippen molar-refractivity contribution >= 4 is 23.1 Å². The first-order valence-corrected chi connectivity index (χ1v) is 10.7. The van der Waals surface area contributed by atoms with Crippen LogP contribution in [0, 0.1) is 0 Å². The summed E-state index contributed by atoms with van der Waals surface area (Å²) in [5.74, 6) is 0.391. The van der Waals surface area contributed by atoms with Crippen LogP contribution < -0.4 is 21.5 Å². The lowest BCUT2D eigenvalue weighted by molar-refractivity contribution is -0.142. The maximum absolute atomic E-state index is 13.0. The second-order valence-electron chi connectivity index (χ2n) is 8.15. The van der Waals surface area contributed by atoms with Crippen molar-refractivity contribution in [3.63, 3.8) is 0 Å². The maximum atomic E-state index is 13.0. The second kappa shape index (κ2) is 9.51. The molecule has 0 amide bonds. The SMILES string of the molecule is CCOC(=O)CNC1CCCN(c2nc3c(c(=O)n(C)c(=O)n3C)n2CC=C(C)C)C1. The lowest BCUT2D eigenvalue weighted by Crippen LogP contribution is -2.48. The van der Waals surface area contributed by atoms with E-state index in [9.17, 15) is 14.4 Å². The van der Waals surface area contributed by atoms with Crippen molar-refractivity contribution in [2.45, 2.75) is 46.2 Å². The number of ether oxygens (including phenoxy) is 1. The quantitative estimate of drug-likeness (QED) is 0.503. The van der Waals surface area contributed by atoms with Gasteiger partial charge in [-0.25, -0.2) is 4.79 Å². The van der Waals surface area contributed by atoms with Gasteiger partial charge in [0.25, 0.3) is 5.56 Å². The van der Waals surface area contributed by atoms with Gasteiger partial charge in [-0.1, -0.05) is 11.6 Å². The van der Waals surface area contributed by atoms with E-state index in [4.69, 9.17) is 9.72 Å². The van der Waals surface area contributed by atoms with Gasteiger partial charge in [-0.2, -0.15) is 4.98 Å². The number of fused-ring (bicyclic) bond motifs is 1. The molecule has 1 fully saturated rings. The number of hydrogen-bond acceptors (Lipinski definition) is 7. The van der Waals surface area contributed by atoms with Gasteiger partial charge in [0.05, 0.1) is 13.2 Å². The van der Waals surface area contributed by atoms with Gasteiger partial charge in [0, 0.05) is 39.8 Å². The second-order valence-corrected chi connectivity index (χ2v) is 8.15. The summed E-state index contributed by atoms with van der Waals surface area (Å²) in [5, 5.41) is 3.26. The molecule has 170 valence electrons. The van der Waals surface area contributed by atoms with Crippen LogP contribution in [-0.4, -0.2) is 56.9 Å². The third kappa shape index (κ3) is 4.73. The lowest BCUT2D eigenvalue weighted by Gasteiger charge is -2.34. The number of aromatic nitrogens is 4. The number of rotatable bonds is 7. The average Bonchev–Trinajstić information content (AvgIpc) is 3.13. The van der Waals surface area contributed by atoms with Crippen LogP contribution >= 0.6 is 0 Å². The number of nitrogens with zero attached hydrogens (tertiary/aromatic N) is 5. The third-order valence-electron chi connectivity index (χ3n) is 5.55. The summed E-state index contributed by atoms with van der Waals surface area (Å²) >= 11 is 0. The van der Waals surface area contributed by atoms with E-state index in [1.807, 2.05) is 24.5 Å². The summed E-state index contributed by atoms with van der Waals surface area (Å²) in [7, 11) is 3.12. The Labute approximate surface area is 181 Å². The fraction of sp³-hybridized carbons (Fsp3) is 0.619. The number of nitrogens with one attached hydrogen (secondary N) is 1. The molecule has 2 aromatic rings. The highest BCUT2D eigenvalue weighted by Gasteiger charge is 2.27. The monoisotopic (exact) mass is 432 g/mol. The largest absolute Gasteiger partial charge is 0.465 e. The minimum atomic E-state index is -0.400. The van der Waals surface area contributed by atoms with Crippen LogP contribution in [0.15, 0.2) is 21.2 Å². The first-order valence-electron chi connectivity index (χ1n) is 10.7. The Morgan fingerprint density at radius 3 is 2.68 bits per heavy atom. The van der Waals surface area contributed by atoms with Gasteiger partial charge in [0.1, 0.15) is 0 Å². The summed E-state index contributed by atoms with van der Waals surface area (Å²) in [6, 6.07) is 0.0986. The molecule has 10 heteroatoms. The molecule has 3 heterocycles. The van der Waals surface area contributed by atoms with Crippen LogP contribution in [-0.2, 0) is 30.2 Å². The van der Waals surface area contributed by atoms with Gasteiger partial charge in [-0.15, -0.1) is 0 Å². The Kier molecular flexibility index (Phi) is 6.99.